The summed E-state index contributed by atoms with van der Waals surface area (Å²) in [5.74, 6) is 3.50. The first-order valence-corrected chi connectivity index (χ1v) is 11.0. The summed E-state index contributed by atoms with van der Waals surface area (Å²) in [5, 5.41) is 3.23. The van der Waals surface area contributed by atoms with Gasteiger partial charge in [0.15, 0.2) is 0 Å². The molecule has 3 aliphatic rings. The number of urea groups is 1. The summed E-state index contributed by atoms with van der Waals surface area (Å²) in [4.78, 5) is 16.9. The molecule has 0 spiro atoms. The van der Waals surface area contributed by atoms with Crippen LogP contribution in [0.15, 0.2) is 30.3 Å². The fraction of sp³-hybridized carbons (Fsp3) is 0.650. The Morgan fingerprint density at radius 1 is 1.04 bits per heavy atom. The number of para-hydroxylation sites is 1. The maximum Gasteiger partial charge on any atom is 0.317 e. The normalized spacial score (nSPS) is 23.5. The number of benzene rings is 1. The number of carbonyl (C=O) groups is 1. The van der Waals surface area contributed by atoms with Gasteiger partial charge in [-0.25, -0.2) is 4.79 Å². The molecule has 3 fully saturated rings. The van der Waals surface area contributed by atoms with Crippen LogP contribution >= 0.6 is 11.8 Å². The molecule has 142 valence electrons. The maximum atomic E-state index is 12.4. The van der Waals surface area contributed by atoms with E-state index in [4.69, 9.17) is 4.74 Å². The van der Waals surface area contributed by atoms with Gasteiger partial charge in [-0.2, -0.15) is 11.8 Å². The van der Waals surface area contributed by atoms with Gasteiger partial charge < -0.3 is 19.9 Å². The number of likely N-dealkylation sites (tertiary alicyclic amines) is 2. The lowest BCUT2D eigenvalue weighted by Gasteiger charge is -2.42. The monoisotopic (exact) mass is 375 g/mol. The predicted molar refractivity (Wildman–Crippen MR) is 106 cm³/mol. The van der Waals surface area contributed by atoms with Crippen LogP contribution in [0.4, 0.5) is 4.79 Å². The lowest BCUT2D eigenvalue weighted by molar-refractivity contribution is 0.0418. The van der Waals surface area contributed by atoms with Crippen molar-refractivity contribution in [3.8, 4) is 5.75 Å². The molecule has 1 N–H and O–H groups in total. The molecule has 0 aliphatic carbocycles. The van der Waals surface area contributed by atoms with Crippen LogP contribution in [-0.2, 0) is 0 Å². The number of nitrogens with zero attached hydrogens (tertiary/aromatic N) is 2. The number of piperidine rings is 1. The summed E-state index contributed by atoms with van der Waals surface area (Å²) in [6.45, 7) is 3.61. The number of amides is 2. The van der Waals surface area contributed by atoms with Crippen molar-refractivity contribution in [2.24, 2.45) is 0 Å². The van der Waals surface area contributed by atoms with Gasteiger partial charge in [-0.1, -0.05) is 18.2 Å². The van der Waals surface area contributed by atoms with E-state index in [9.17, 15) is 4.79 Å². The highest BCUT2D eigenvalue weighted by atomic mass is 32.2. The summed E-state index contributed by atoms with van der Waals surface area (Å²) in [6, 6.07) is 11.0. The van der Waals surface area contributed by atoms with Gasteiger partial charge in [-0.05, 0) is 49.3 Å². The summed E-state index contributed by atoms with van der Waals surface area (Å²) in [5.41, 5.74) is 0. The highest BCUT2D eigenvalue weighted by molar-refractivity contribution is 7.99. The zero-order chi connectivity index (χ0) is 17.8. The average Bonchev–Trinajstić information content (AvgIpc) is 2.66. The molecule has 0 atom stereocenters. The van der Waals surface area contributed by atoms with Gasteiger partial charge >= 0.3 is 6.03 Å². The minimum Gasteiger partial charge on any atom is -0.487 e. The molecule has 4 rings (SSSR count). The molecular weight excluding hydrogens is 346 g/mol. The second-order valence-corrected chi connectivity index (χ2v) is 8.79. The van der Waals surface area contributed by atoms with Crippen LogP contribution in [0.1, 0.15) is 25.7 Å². The topological polar surface area (TPSA) is 44.8 Å². The van der Waals surface area contributed by atoms with Gasteiger partial charge in [0.25, 0.3) is 0 Å². The van der Waals surface area contributed by atoms with Crippen molar-refractivity contribution in [2.75, 3.05) is 37.7 Å². The molecule has 6 heteroatoms. The lowest BCUT2D eigenvalue weighted by Crippen LogP contribution is -2.60. The van der Waals surface area contributed by atoms with Crippen molar-refractivity contribution in [1.82, 2.24) is 15.1 Å². The Morgan fingerprint density at radius 3 is 2.42 bits per heavy atom. The number of carbonyl (C=O) groups excluding carboxylic acids is 1. The van der Waals surface area contributed by atoms with E-state index in [-0.39, 0.29) is 12.1 Å². The third-order valence-corrected chi connectivity index (χ3v) is 6.79. The lowest BCUT2D eigenvalue weighted by atomic mass is 10.0. The summed E-state index contributed by atoms with van der Waals surface area (Å²) >= 11 is 2.08. The molecule has 3 saturated heterocycles. The van der Waals surface area contributed by atoms with Gasteiger partial charge in [-0.3, -0.25) is 0 Å². The second kappa shape index (κ2) is 8.53. The van der Waals surface area contributed by atoms with E-state index in [2.05, 4.69) is 22.0 Å². The average molecular weight is 376 g/mol. The number of nitrogens with one attached hydrogen (secondary N) is 1. The molecule has 5 nitrogen and oxygen atoms in total. The Kier molecular flexibility index (Phi) is 5.90. The molecule has 1 aromatic carbocycles. The van der Waals surface area contributed by atoms with Crippen molar-refractivity contribution < 1.29 is 9.53 Å². The second-order valence-electron chi connectivity index (χ2n) is 7.56. The van der Waals surface area contributed by atoms with Crippen molar-refractivity contribution in [2.45, 2.75) is 43.9 Å². The van der Waals surface area contributed by atoms with Crippen molar-refractivity contribution in [1.29, 1.82) is 0 Å². The minimum absolute atomic E-state index is 0.0745. The van der Waals surface area contributed by atoms with Crippen LogP contribution in [0.2, 0.25) is 0 Å². The molecule has 0 aromatic heterocycles. The number of hydrogen-bond acceptors (Lipinski definition) is 4. The van der Waals surface area contributed by atoms with Crippen LogP contribution in [0, 0.1) is 0 Å². The highest BCUT2D eigenvalue weighted by Crippen LogP contribution is 2.25. The standard InChI is InChI=1S/C20H29N3O2S/c24-20(23-14-19(15-23)25-18-4-2-1-3-5-18)21-16-6-10-22(11-7-16)17-8-12-26-13-9-17/h1-5,16-17,19H,6-15H2,(H,21,24). The highest BCUT2D eigenvalue weighted by Gasteiger charge is 2.34. The molecule has 0 unspecified atom stereocenters. The zero-order valence-electron chi connectivity index (χ0n) is 15.3. The predicted octanol–water partition coefficient (Wildman–Crippen LogP) is 2.82. The first-order chi connectivity index (χ1) is 12.8. The Balaban J connectivity index is 1.15. The summed E-state index contributed by atoms with van der Waals surface area (Å²) in [6.07, 6.45) is 4.94. The molecule has 0 radical (unpaired) electrons. The first-order valence-electron chi connectivity index (χ1n) is 9.87. The van der Waals surface area contributed by atoms with E-state index in [1.165, 1.54) is 24.3 Å². The number of ether oxygens (including phenoxy) is 1. The van der Waals surface area contributed by atoms with E-state index in [1.54, 1.807) is 0 Å². The molecular formula is C20H29N3O2S. The Labute approximate surface area is 160 Å². The van der Waals surface area contributed by atoms with E-state index < -0.39 is 0 Å². The van der Waals surface area contributed by atoms with Gasteiger partial charge in [0.1, 0.15) is 11.9 Å². The van der Waals surface area contributed by atoms with Crippen molar-refractivity contribution >= 4 is 17.8 Å². The Morgan fingerprint density at radius 2 is 1.73 bits per heavy atom. The maximum absolute atomic E-state index is 12.4. The van der Waals surface area contributed by atoms with Gasteiger partial charge in [-0.15, -0.1) is 0 Å². The van der Waals surface area contributed by atoms with Crippen LogP contribution in [0.5, 0.6) is 5.75 Å². The van der Waals surface area contributed by atoms with Crippen LogP contribution in [0.25, 0.3) is 0 Å². The van der Waals surface area contributed by atoms with E-state index in [0.717, 1.165) is 37.7 Å². The minimum atomic E-state index is 0.0745. The largest absolute Gasteiger partial charge is 0.487 e. The van der Waals surface area contributed by atoms with Crippen LogP contribution < -0.4 is 10.1 Å². The molecule has 0 saturated carbocycles. The van der Waals surface area contributed by atoms with Gasteiger partial charge in [0, 0.05) is 25.2 Å². The Bertz CT molecular complexity index is 580. The number of thioether (sulfide) groups is 1. The van der Waals surface area contributed by atoms with Crippen molar-refractivity contribution in [3.63, 3.8) is 0 Å². The number of hydrogen-bond donors (Lipinski definition) is 1. The molecule has 26 heavy (non-hydrogen) atoms. The third kappa shape index (κ3) is 4.46. The quantitative estimate of drug-likeness (QED) is 0.879. The van der Waals surface area contributed by atoms with Gasteiger partial charge in [0.05, 0.1) is 13.1 Å². The van der Waals surface area contributed by atoms with Crippen LogP contribution in [-0.4, -0.2) is 71.7 Å². The Hall–Kier alpha value is -1.40. The SMILES string of the molecule is O=C(NC1CCN(C2CCSCC2)CC1)N1CC(Oc2ccccc2)C1. The van der Waals surface area contributed by atoms with E-state index in [1.807, 2.05) is 35.2 Å². The smallest absolute Gasteiger partial charge is 0.317 e. The molecule has 0 bridgehead atoms. The number of rotatable bonds is 4. The van der Waals surface area contributed by atoms with Gasteiger partial charge in [0.2, 0.25) is 0 Å². The summed E-state index contributed by atoms with van der Waals surface area (Å²) in [7, 11) is 0. The molecule has 3 aliphatic heterocycles. The molecule has 3 heterocycles. The zero-order valence-corrected chi connectivity index (χ0v) is 16.1. The van der Waals surface area contributed by atoms with Crippen LogP contribution in [0.3, 0.4) is 0 Å². The van der Waals surface area contributed by atoms with E-state index >= 15 is 0 Å². The van der Waals surface area contributed by atoms with Crippen molar-refractivity contribution in [3.05, 3.63) is 30.3 Å². The van der Waals surface area contributed by atoms with E-state index in [0.29, 0.717) is 19.1 Å². The molecule has 1 aromatic rings. The molecule has 2 amide bonds. The fourth-order valence-corrected chi connectivity index (χ4v) is 5.18. The summed E-state index contributed by atoms with van der Waals surface area (Å²) < 4.78 is 5.87. The first kappa shape index (κ1) is 18.0. The third-order valence-electron chi connectivity index (χ3n) is 5.75. The fourth-order valence-electron chi connectivity index (χ4n) is 4.10.